The first-order valence-corrected chi connectivity index (χ1v) is 8.17. The number of hydrogen-bond acceptors (Lipinski definition) is 2. The number of halogens is 1. The van der Waals surface area contributed by atoms with Gasteiger partial charge in [0.25, 0.3) is 0 Å². The summed E-state index contributed by atoms with van der Waals surface area (Å²) in [5.74, 6) is 0. The molecule has 3 heteroatoms. The summed E-state index contributed by atoms with van der Waals surface area (Å²) in [7, 11) is 1.98. The third kappa shape index (κ3) is 3.66. The quantitative estimate of drug-likeness (QED) is 0.800. The van der Waals surface area contributed by atoms with Crippen molar-refractivity contribution in [3.63, 3.8) is 0 Å². The van der Waals surface area contributed by atoms with E-state index in [1.54, 1.807) is 0 Å². The number of aryl methyl sites for hydroxylation is 1. The van der Waals surface area contributed by atoms with Gasteiger partial charge < -0.3 is 10.2 Å². The fourth-order valence-corrected chi connectivity index (χ4v) is 3.14. The van der Waals surface area contributed by atoms with E-state index in [1.807, 2.05) is 7.05 Å². The summed E-state index contributed by atoms with van der Waals surface area (Å²) in [5, 5.41) is 3.28. The van der Waals surface area contributed by atoms with Gasteiger partial charge in [0.15, 0.2) is 0 Å². The third-order valence-corrected chi connectivity index (χ3v) is 4.54. The van der Waals surface area contributed by atoms with Crippen molar-refractivity contribution >= 4 is 27.3 Å². The van der Waals surface area contributed by atoms with Gasteiger partial charge in [0.2, 0.25) is 0 Å². The van der Waals surface area contributed by atoms with E-state index in [-0.39, 0.29) is 0 Å². The number of hydrogen-bond donors (Lipinski definition) is 1. The molecule has 0 spiro atoms. The maximum Gasteiger partial charge on any atom is 0.0422 e. The van der Waals surface area contributed by atoms with E-state index in [9.17, 15) is 0 Å². The molecule has 2 aromatic rings. The zero-order chi connectivity index (χ0) is 15.4. The van der Waals surface area contributed by atoms with E-state index in [0.717, 1.165) is 11.0 Å². The molecule has 0 aliphatic carbocycles. The molecule has 0 heterocycles. The van der Waals surface area contributed by atoms with Crippen molar-refractivity contribution in [3.05, 3.63) is 58.1 Å². The number of benzene rings is 2. The number of anilines is 2. The van der Waals surface area contributed by atoms with Crippen molar-refractivity contribution < 1.29 is 0 Å². The Morgan fingerprint density at radius 3 is 2.24 bits per heavy atom. The van der Waals surface area contributed by atoms with Crippen LogP contribution in [0.25, 0.3) is 0 Å². The zero-order valence-corrected chi connectivity index (χ0v) is 14.7. The molecule has 0 radical (unpaired) electrons. The monoisotopic (exact) mass is 346 g/mol. The Hall–Kier alpha value is -1.32. The molecule has 1 N–H and O–H groups in total. The van der Waals surface area contributed by atoms with Crippen LogP contribution in [0.2, 0.25) is 0 Å². The molecule has 0 saturated heterocycles. The summed E-state index contributed by atoms with van der Waals surface area (Å²) in [4.78, 5) is 2.32. The Morgan fingerprint density at radius 2 is 1.71 bits per heavy atom. The number of rotatable bonds is 5. The van der Waals surface area contributed by atoms with E-state index >= 15 is 0 Å². The van der Waals surface area contributed by atoms with Gasteiger partial charge in [-0.15, -0.1) is 0 Å². The van der Waals surface area contributed by atoms with Crippen molar-refractivity contribution in [1.29, 1.82) is 0 Å². The van der Waals surface area contributed by atoms with Crippen molar-refractivity contribution in [3.8, 4) is 0 Å². The first-order chi connectivity index (χ1) is 10.1. The largest absolute Gasteiger partial charge is 0.342 e. The second kappa shape index (κ2) is 7.10. The van der Waals surface area contributed by atoms with Gasteiger partial charge in [0.05, 0.1) is 0 Å². The molecule has 0 fully saturated rings. The summed E-state index contributed by atoms with van der Waals surface area (Å²) in [6.45, 7) is 7.40. The average molecular weight is 347 g/mol. The minimum atomic E-state index is 0.336. The van der Waals surface area contributed by atoms with Gasteiger partial charge in [-0.25, -0.2) is 0 Å². The molecule has 21 heavy (non-hydrogen) atoms. The Labute approximate surface area is 136 Å². The van der Waals surface area contributed by atoms with Crippen molar-refractivity contribution in [2.45, 2.75) is 26.8 Å². The summed E-state index contributed by atoms with van der Waals surface area (Å²) >= 11 is 3.70. The molecule has 112 valence electrons. The van der Waals surface area contributed by atoms with Crippen LogP contribution in [0.5, 0.6) is 0 Å². The lowest BCUT2D eigenvalue weighted by Gasteiger charge is -2.25. The van der Waals surface area contributed by atoms with E-state index in [4.69, 9.17) is 0 Å². The second-order valence-corrected chi connectivity index (χ2v) is 6.15. The molecule has 2 aromatic carbocycles. The molecule has 2 rings (SSSR count). The van der Waals surface area contributed by atoms with Crippen LogP contribution in [-0.4, -0.2) is 13.6 Å². The summed E-state index contributed by atoms with van der Waals surface area (Å²) in [5.41, 5.74) is 5.00. The van der Waals surface area contributed by atoms with Crippen LogP contribution < -0.4 is 10.2 Å². The van der Waals surface area contributed by atoms with Gasteiger partial charge in [-0.1, -0.05) is 39.7 Å². The third-order valence-electron chi connectivity index (χ3n) is 3.86. The topological polar surface area (TPSA) is 15.3 Å². The molecule has 0 saturated carbocycles. The van der Waals surface area contributed by atoms with Crippen LogP contribution >= 0.6 is 15.9 Å². The van der Waals surface area contributed by atoms with E-state index in [2.05, 4.69) is 89.4 Å². The highest BCUT2D eigenvalue weighted by Crippen LogP contribution is 2.31. The summed E-state index contributed by atoms with van der Waals surface area (Å²) in [6.07, 6.45) is 0. The smallest absolute Gasteiger partial charge is 0.0422 e. The molecule has 1 unspecified atom stereocenters. The van der Waals surface area contributed by atoms with Crippen LogP contribution in [0.15, 0.2) is 46.9 Å². The zero-order valence-electron chi connectivity index (χ0n) is 13.2. The van der Waals surface area contributed by atoms with Gasteiger partial charge in [-0.3, -0.25) is 0 Å². The van der Waals surface area contributed by atoms with Crippen LogP contribution in [-0.2, 0) is 0 Å². The van der Waals surface area contributed by atoms with Crippen LogP contribution in [0.1, 0.15) is 31.0 Å². The SMILES string of the molecule is CCN(c1ccc(C)cc1)c1ccc(C(C)NC)c(Br)c1. The lowest BCUT2D eigenvalue weighted by atomic mass is 10.1. The number of nitrogens with one attached hydrogen (secondary N) is 1. The second-order valence-electron chi connectivity index (χ2n) is 5.30. The molecule has 0 aliphatic rings. The highest BCUT2D eigenvalue weighted by molar-refractivity contribution is 9.10. The van der Waals surface area contributed by atoms with Crippen LogP contribution in [0.4, 0.5) is 11.4 Å². The van der Waals surface area contributed by atoms with E-state index < -0.39 is 0 Å². The molecule has 2 nitrogen and oxygen atoms in total. The predicted molar refractivity (Wildman–Crippen MR) is 95.5 cm³/mol. The molecular formula is C18H23BrN2. The summed E-state index contributed by atoms with van der Waals surface area (Å²) in [6, 6.07) is 15.6. The van der Waals surface area contributed by atoms with E-state index in [1.165, 1.54) is 22.5 Å². The first kappa shape index (κ1) is 16.1. The highest BCUT2D eigenvalue weighted by Gasteiger charge is 2.12. The van der Waals surface area contributed by atoms with E-state index in [0.29, 0.717) is 6.04 Å². The maximum atomic E-state index is 3.70. The maximum absolute atomic E-state index is 3.70. The first-order valence-electron chi connectivity index (χ1n) is 7.37. The van der Waals surface area contributed by atoms with Gasteiger partial charge in [0.1, 0.15) is 0 Å². The summed E-state index contributed by atoms with van der Waals surface area (Å²) < 4.78 is 1.15. The Morgan fingerprint density at radius 1 is 1.10 bits per heavy atom. The molecule has 0 bridgehead atoms. The number of nitrogens with zero attached hydrogens (tertiary/aromatic N) is 1. The van der Waals surface area contributed by atoms with Crippen LogP contribution in [0.3, 0.4) is 0 Å². The molecular weight excluding hydrogens is 324 g/mol. The fraction of sp³-hybridized carbons (Fsp3) is 0.333. The Balaban J connectivity index is 2.35. The standard InChI is InChI=1S/C18H23BrN2/c1-5-21(15-8-6-13(2)7-9-15)16-10-11-17(14(3)20-4)18(19)12-16/h6-12,14,20H,5H2,1-4H3. The highest BCUT2D eigenvalue weighted by atomic mass is 79.9. The van der Waals surface area contributed by atoms with Gasteiger partial charge in [-0.05, 0) is 57.6 Å². The molecule has 1 atom stereocenters. The van der Waals surface area contributed by atoms with Gasteiger partial charge >= 0.3 is 0 Å². The normalized spacial score (nSPS) is 12.2. The molecule has 0 amide bonds. The Kier molecular flexibility index (Phi) is 5.43. The molecule has 0 aliphatic heterocycles. The van der Waals surface area contributed by atoms with Crippen LogP contribution in [0, 0.1) is 6.92 Å². The lowest BCUT2D eigenvalue weighted by molar-refractivity contribution is 0.649. The van der Waals surface area contributed by atoms with Crippen molar-refractivity contribution in [2.75, 3.05) is 18.5 Å². The minimum absolute atomic E-state index is 0.336. The van der Waals surface area contributed by atoms with Gasteiger partial charge in [-0.2, -0.15) is 0 Å². The van der Waals surface area contributed by atoms with Gasteiger partial charge in [0, 0.05) is 28.4 Å². The molecule has 0 aromatic heterocycles. The predicted octanol–water partition coefficient (Wildman–Crippen LogP) is 5.20. The Bertz CT molecular complexity index is 593. The average Bonchev–Trinajstić information content (AvgIpc) is 2.49. The van der Waals surface area contributed by atoms with Crippen molar-refractivity contribution in [2.24, 2.45) is 0 Å². The van der Waals surface area contributed by atoms with Crippen molar-refractivity contribution in [1.82, 2.24) is 5.32 Å². The lowest BCUT2D eigenvalue weighted by Crippen LogP contribution is -2.17. The fourth-order valence-electron chi connectivity index (χ4n) is 2.43. The minimum Gasteiger partial charge on any atom is -0.342 e.